The Hall–Kier alpha value is -3.36. The number of aromatic nitrogens is 2. The lowest BCUT2D eigenvalue weighted by Gasteiger charge is -2.34. The van der Waals surface area contributed by atoms with E-state index in [1.165, 1.54) is 32.7 Å². The summed E-state index contributed by atoms with van der Waals surface area (Å²) in [5.74, 6) is 0.589. The maximum absolute atomic E-state index is 11.4. The number of nitrogens with two attached hydrogens (primary N) is 1. The lowest BCUT2D eigenvalue weighted by atomic mass is 9.70. The zero-order chi connectivity index (χ0) is 25.8. The van der Waals surface area contributed by atoms with Gasteiger partial charge >= 0.3 is 6.09 Å². The Balaban J connectivity index is 0.000000214. The number of ether oxygens (including phenoxy) is 1. The maximum atomic E-state index is 11.4. The fraction of sp³-hybridized carbons (Fsp3) is 0.538. The normalized spacial score (nSPS) is 17.9. The summed E-state index contributed by atoms with van der Waals surface area (Å²) in [7, 11) is 1.49. The van der Waals surface area contributed by atoms with Gasteiger partial charge in [-0.15, -0.1) is 0 Å². The number of amides is 1. The van der Waals surface area contributed by atoms with E-state index in [2.05, 4.69) is 20.4 Å². The van der Waals surface area contributed by atoms with Crippen LogP contribution in [0.1, 0.15) is 77.8 Å². The topological polar surface area (TPSA) is 132 Å². The van der Waals surface area contributed by atoms with Crippen molar-refractivity contribution in [3.63, 3.8) is 0 Å². The van der Waals surface area contributed by atoms with E-state index < -0.39 is 11.0 Å². The number of rotatable bonds is 2. The van der Waals surface area contributed by atoms with Crippen LogP contribution in [-0.2, 0) is 15.0 Å². The zero-order valence-electron chi connectivity index (χ0n) is 21.5. The Morgan fingerprint density at radius 1 is 1.17 bits per heavy atom. The third-order valence-electron chi connectivity index (χ3n) is 6.12. The number of oxime groups is 1. The molecule has 1 aromatic carbocycles. The molecule has 0 spiro atoms. The van der Waals surface area contributed by atoms with E-state index in [1.807, 2.05) is 34.6 Å². The molecule has 2 aromatic rings. The summed E-state index contributed by atoms with van der Waals surface area (Å²) in [6.45, 7) is 9.61. The van der Waals surface area contributed by atoms with Gasteiger partial charge < -0.3 is 25.7 Å². The fourth-order valence-electron chi connectivity index (χ4n) is 4.59. The summed E-state index contributed by atoms with van der Waals surface area (Å²) >= 11 is 0. The molecule has 9 heteroatoms. The molecule has 0 bridgehead atoms. The predicted molar refractivity (Wildman–Crippen MR) is 136 cm³/mol. The quantitative estimate of drug-likeness (QED) is 0.517. The molecule has 1 aromatic heterocycles. The van der Waals surface area contributed by atoms with Crippen LogP contribution in [0.15, 0.2) is 29.7 Å². The Bertz CT molecular complexity index is 1090. The maximum Gasteiger partial charge on any atom is 0.407 e. The first-order valence-corrected chi connectivity index (χ1v) is 12.0. The lowest BCUT2D eigenvalue weighted by molar-refractivity contribution is 0.0493. The van der Waals surface area contributed by atoms with Gasteiger partial charge in [-0.2, -0.15) is 0 Å². The summed E-state index contributed by atoms with van der Waals surface area (Å²) < 4.78 is 5.19. The van der Waals surface area contributed by atoms with E-state index in [4.69, 9.17) is 15.3 Å². The average molecular weight is 484 g/mol. The number of phenols is 1. The lowest BCUT2D eigenvalue weighted by Crippen LogP contribution is -2.39. The van der Waals surface area contributed by atoms with Gasteiger partial charge in [-0.3, -0.25) is 0 Å². The van der Waals surface area contributed by atoms with Crippen molar-refractivity contribution < 1.29 is 19.5 Å². The number of nitrogens with zero attached hydrogens (tertiary/aromatic N) is 3. The van der Waals surface area contributed by atoms with Crippen LogP contribution in [0.5, 0.6) is 5.75 Å². The highest BCUT2D eigenvalue weighted by atomic mass is 16.6. The van der Waals surface area contributed by atoms with Crippen molar-refractivity contribution in [3.8, 4) is 17.0 Å². The van der Waals surface area contributed by atoms with Crippen LogP contribution in [0.2, 0.25) is 0 Å². The molecule has 1 heterocycles. The molecule has 190 valence electrons. The molecule has 0 aliphatic heterocycles. The molecular formula is C26H37N5O4. The van der Waals surface area contributed by atoms with Gasteiger partial charge in [0.15, 0.2) is 0 Å². The van der Waals surface area contributed by atoms with Crippen molar-refractivity contribution >= 4 is 17.6 Å². The molecule has 35 heavy (non-hydrogen) atoms. The summed E-state index contributed by atoms with van der Waals surface area (Å²) in [6.07, 6.45) is 7.11. The highest BCUT2D eigenvalue weighted by Gasteiger charge is 2.40. The van der Waals surface area contributed by atoms with Crippen LogP contribution in [0.3, 0.4) is 0 Å². The van der Waals surface area contributed by atoms with Crippen molar-refractivity contribution in [3.05, 3.63) is 35.7 Å². The van der Waals surface area contributed by atoms with E-state index in [0.29, 0.717) is 17.6 Å². The Morgan fingerprint density at radius 2 is 1.86 bits per heavy atom. The fourth-order valence-corrected chi connectivity index (χ4v) is 4.59. The van der Waals surface area contributed by atoms with E-state index in [-0.39, 0.29) is 11.8 Å². The molecule has 1 amide bonds. The number of phenolic OH excluding ortho intramolecular Hbond substituents is 1. The molecule has 1 fully saturated rings. The molecule has 0 atom stereocenters. The van der Waals surface area contributed by atoms with Gasteiger partial charge in [0.1, 0.15) is 30.6 Å². The summed E-state index contributed by atoms with van der Waals surface area (Å²) in [5, 5.41) is 16.9. The number of carbonyl (C=O) groups excluding carboxylic acids is 1. The molecule has 0 saturated heterocycles. The van der Waals surface area contributed by atoms with Crippen molar-refractivity contribution in [1.82, 2.24) is 15.3 Å². The predicted octanol–water partition coefficient (Wildman–Crippen LogP) is 4.92. The van der Waals surface area contributed by atoms with Gasteiger partial charge in [-0.25, -0.2) is 14.8 Å². The highest BCUT2D eigenvalue weighted by Crippen LogP contribution is 2.45. The number of nitrogens with one attached hydrogen (secondary N) is 1. The number of fused-ring (bicyclic) bond motifs is 3. The van der Waals surface area contributed by atoms with E-state index in [0.717, 1.165) is 35.2 Å². The number of anilines is 1. The third kappa shape index (κ3) is 6.21. The molecular weight excluding hydrogens is 446 g/mol. The molecule has 0 unspecified atom stereocenters. The first-order valence-electron chi connectivity index (χ1n) is 12.0. The van der Waals surface area contributed by atoms with Crippen molar-refractivity contribution in [2.24, 2.45) is 5.16 Å². The second-order valence-corrected chi connectivity index (χ2v) is 10.4. The minimum atomic E-state index is -0.530. The second-order valence-electron chi connectivity index (χ2n) is 10.4. The highest BCUT2D eigenvalue weighted by molar-refractivity contribution is 6.15. The minimum Gasteiger partial charge on any atom is -0.508 e. The number of hydrogen-bond donors (Lipinski definition) is 3. The molecule has 4 rings (SSSR count). The Morgan fingerprint density at radius 3 is 2.49 bits per heavy atom. The van der Waals surface area contributed by atoms with E-state index in [9.17, 15) is 9.90 Å². The first kappa shape index (κ1) is 26.2. The number of hydrogen-bond acceptors (Lipinski definition) is 8. The van der Waals surface area contributed by atoms with Gasteiger partial charge in [0.2, 0.25) is 0 Å². The number of aromatic hydroxyl groups is 1. The third-order valence-corrected chi connectivity index (χ3v) is 6.12. The van der Waals surface area contributed by atoms with Crippen molar-refractivity contribution in [2.75, 3.05) is 12.8 Å². The number of benzene rings is 1. The zero-order valence-corrected chi connectivity index (χ0v) is 21.5. The van der Waals surface area contributed by atoms with Crippen LogP contribution in [-0.4, -0.2) is 45.6 Å². The van der Waals surface area contributed by atoms with Gasteiger partial charge in [0.05, 0.1) is 11.4 Å². The summed E-state index contributed by atoms with van der Waals surface area (Å²) in [6, 6.07) is 5.41. The van der Waals surface area contributed by atoms with Gasteiger partial charge in [0, 0.05) is 28.1 Å². The van der Waals surface area contributed by atoms with Crippen molar-refractivity contribution in [1.29, 1.82) is 0 Å². The van der Waals surface area contributed by atoms with Gasteiger partial charge in [0.25, 0.3) is 0 Å². The standard InChI is InChI=1S/C15H16N4O2.C11H21NO2/c1-15(2)11-12(17-7-18-14(11)16)9-5-4-8(20)6-10(9)13(15)19-21-3;1-11(2,3)14-10(13)12-9-7-5-4-6-8-9/h4-7,20H,1-3H3,(H2,16,17,18);9H,4-8H2,1-3H3,(H,12,13)/b19-13+;. The van der Waals surface area contributed by atoms with Crippen LogP contribution in [0.25, 0.3) is 11.3 Å². The van der Waals surface area contributed by atoms with Crippen LogP contribution < -0.4 is 11.1 Å². The van der Waals surface area contributed by atoms with Crippen LogP contribution in [0, 0.1) is 0 Å². The Labute approximate surface area is 207 Å². The largest absolute Gasteiger partial charge is 0.508 e. The Kier molecular flexibility index (Phi) is 7.87. The monoisotopic (exact) mass is 483 g/mol. The van der Waals surface area contributed by atoms with Crippen LogP contribution in [0.4, 0.5) is 10.6 Å². The molecule has 2 aliphatic carbocycles. The van der Waals surface area contributed by atoms with E-state index >= 15 is 0 Å². The summed E-state index contributed by atoms with van der Waals surface area (Å²) in [4.78, 5) is 24.9. The van der Waals surface area contributed by atoms with E-state index in [1.54, 1.807) is 18.2 Å². The van der Waals surface area contributed by atoms with Crippen molar-refractivity contribution in [2.45, 2.75) is 83.8 Å². The smallest absolute Gasteiger partial charge is 0.407 e. The number of alkyl carbamates (subject to hydrolysis) is 1. The SMILES string of the molecule is CC(C)(C)OC(=O)NC1CCCCC1.CO/N=C1\c2cc(O)ccc2-c2ncnc(N)c2C1(C)C. The van der Waals surface area contributed by atoms with Crippen LogP contribution >= 0.6 is 0 Å². The van der Waals surface area contributed by atoms with Gasteiger partial charge in [-0.1, -0.05) is 24.4 Å². The average Bonchev–Trinajstić information content (AvgIpc) is 2.76. The minimum absolute atomic E-state index is 0.166. The molecule has 4 N–H and O–H groups in total. The number of nitrogen functional groups attached to an aromatic ring is 1. The molecule has 0 radical (unpaired) electrons. The molecule has 2 aliphatic rings. The molecule has 9 nitrogen and oxygen atoms in total. The molecule has 1 saturated carbocycles. The number of carbonyl (C=O) groups is 1. The second kappa shape index (κ2) is 10.5. The summed E-state index contributed by atoms with van der Waals surface area (Å²) in [5.41, 5.74) is 9.05. The first-order chi connectivity index (χ1) is 16.4. The van der Waals surface area contributed by atoms with Gasteiger partial charge in [-0.05, 0) is 65.7 Å².